The van der Waals surface area contributed by atoms with Crippen molar-refractivity contribution in [3.8, 4) is 0 Å². The van der Waals surface area contributed by atoms with Gasteiger partial charge in [0.2, 0.25) is 0 Å². The Morgan fingerprint density at radius 3 is 2.73 bits per heavy atom. The van der Waals surface area contributed by atoms with E-state index in [1.165, 1.54) is 0 Å². The molecule has 0 saturated heterocycles. The maximum atomic E-state index is 10.3. The van der Waals surface area contributed by atoms with Crippen molar-refractivity contribution in [3.63, 3.8) is 0 Å². The largest absolute Gasteiger partial charge is 0.391 e. The Morgan fingerprint density at radius 2 is 2.45 bits per heavy atom. The smallest absolute Gasteiger partial charge is 0.338 e. The van der Waals surface area contributed by atoms with Gasteiger partial charge in [0.1, 0.15) is 4.47 Å². The minimum Gasteiger partial charge on any atom is -0.391 e. The standard InChI is InChI=1S/C5H4BrNO3S/c6-4-1-3(2-8)11-5(4)7(9)10/h1,8H,2H2. The van der Waals surface area contributed by atoms with Crippen molar-refractivity contribution < 1.29 is 10.0 Å². The van der Waals surface area contributed by atoms with E-state index in [-0.39, 0.29) is 11.6 Å². The molecule has 1 N–H and O–H groups in total. The van der Waals surface area contributed by atoms with E-state index in [0.717, 1.165) is 11.3 Å². The Balaban J connectivity index is 3.07. The lowest BCUT2D eigenvalue weighted by Crippen LogP contribution is -1.82. The zero-order valence-corrected chi connectivity index (χ0v) is 7.68. The topological polar surface area (TPSA) is 63.4 Å². The number of rotatable bonds is 2. The van der Waals surface area contributed by atoms with Crippen LogP contribution in [0.25, 0.3) is 0 Å². The maximum absolute atomic E-state index is 10.3. The Bertz CT molecular complexity index is 285. The van der Waals surface area contributed by atoms with Crippen molar-refractivity contribution in [1.82, 2.24) is 0 Å². The van der Waals surface area contributed by atoms with Crippen LogP contribution in [-0.2, 0) is 6.61 Å². The summed E-state index contributed by atoms with van der Waals surface area (Å²) in [6.07, 6.45) is 0. The number of nitro groups is 1. The van der Waals surface area contributed by atoms with Crippen LogP contribution in [0.4, 0.5) is 5.00 Å². The Kier molecular flexibility index (Phi) is 2.58. The molecule has 4 nitrogen and oxygen atoms in total. The SMILES string of the molecule is O=[N+]([O-])c1sc(CO)cc1Br. The van der Waals surface area contributed by atoms with Gasteiger partial charge in [0.25, 0.3) is 0 Å². The first-order valence-electron chi connectivity index (χ1n) is 2.68. The first-order valence-corrected chi connectivity index (χ1v) is 4.29. The van der Waals surface area contributed by atoms with Crippen LogP contribution in [-0.4, -0.2) is 10.0 Å². The average Bonchev–Trinajstić information content (AvgIpc) is 2.30. The summed E-state index contributed by atoms with van der Waals surface area (Å²) >= 11 is 3.99. The Hall–Kier alpha value is -0.460. The summed E-state index contributed by atoms with van der Waals surface area (Å²) in [6.45, 7) is -0.156. The molecule has 1 aromatic rings. The normalized spacial score (nSPS) is 10.0. The van der Waals surface area contributed by atoms with Gasteiger partial charge in [-0.15, -0.1) is 0 Å². The fourth-order valence-electron chi connectivity index (χ4n) is 0.608. The Labute approximate surface area is 74.8 Å². The molecule has 0 spiro atoms. The molecule has 6 heteroatoms. The monoisotopic (exact) mass is 237 g/mol. The van der Waals surface area contributed by atoms with Gasteiger partial charge in [-0.05, 0) is 22.0 Å². The number of hydrogen-bond acceptors (Lipinski definition) is 4. The molecule has 0 bridgehead atoms. The molecule has 0 amide bonds. The molecule has 0 aliphatic heterocycles. The third kappa shape index (κ3) is 1.76. The lowest BCUT2D eigenvalue weighted by molar-refractivity contribution is -0.380. The number of aliphatic hydroxyl groups is 1. The van der Waals surface area contributed by atoms with E-state index in [9.17, 15) is 10.1 Å². The lowest BCUT2D eigenvalue weighted by atomic mass is 10.5. The molecule has 0 aliphatic rings. The molecule has 0 atom stereocenters. The van der Waals surface area contributed by atoms with E-state index >= 15 is 0 Å². The van der Waals surface area contributed by atoms with Gasteiger partial charge in [0.15, 0.2) is 0 Å². The first-order chi connectivity index (χ1) is 5.15. The van der Waals surface area contributed by atoms with Crippen LogP contribution >= 0.6 is 27.3 Å². The van der Waals surface area contributed by atoms with E-state index in [4.69, 9.17) is 5.11 Å². The summed E-state index contributed by atoms with van der Waals surface area (Å²) in [5, 5.41) is 18.9. The van der Waals surface area contributed by atoms with E-state index in [0.29, 0.717) is 9.35 Å². The summed E-state index contributed by atoms with van der Waals surface area (Å²) in [5.41, 5.74) is 0. The van der Waals surface area contributed by atoms with E-state index in [2.05, 4.69) is 15.9 Å². The van der Waals surface area contributed by atoms with Gasteiger partial charge in [-0.3, -0.25) is 10.1 Å². The fourth-order valence-corrected chi connectivity index (χ4v) is 2.14. The van der Waals surface area contributed by atoms with Crippen LogP contribution in [0.5, 0.6) is 0 Å². The minimum absolute atomic E-state index is 0.0362. The molecule has 60 valence electrons. The first kappa shape index (κ1) is 8.63. The highest BCUT2D eigenvalue weighted by Crippen LogP contribution is 2.34. The summed E-state index contributed by atoms with van der Waals surface area (Å²) < 4.78 is 0.427. The summed E-state index contributed by atoms with van der Waals surface area (Å²) in [4.78, 5) is 10.4. The molecule has 11 heavy (non-hydrogen) atoms. The van der Waals surface area contributed by atoms with Crippen molar-refractivity contribution in [2.45, 2.75) is 6.61 Å². The van der Waals surface area contributed by atoms with Crippen LogP contribution in [0.15, 0.2) is 10.5 Å². The quantitative estimate of drug-likeness (QED) is 0.632. The maximum Gasteiger partial charge on any atom is 0.338 e. The van der Waals surface area contributed by atoms with Gasteiger partial charge in [-0.1, -0.05) is 11.3 Å². The van der Waals surface area contributed by atoms with Crippen LogP contribution in [0, 0.1) is 10.1 Å². The van der Waals surface area contributed by atoms with Crippen molar-refractivity contribution in [2.24, 2.45) is 0 Å². The molecule has 0 saturated carbocycles. The van der Waals surface area contributed by atoms with Crippen LogP contribution < -0.4 is 0 Å². The average molecular weight is 238 g/mol. The predicted octanol–water partition coefficient (Wildman–Crippen LogP) is 1.91. The van der Waals surface area contributed by atoms with Crippen molar-refractivity contribution in [3.05, 3.63) is 25.5 Å². The second-order valence-electron chi connectivity index (χ2n) is 1.78. The van der Waals surface area contributed by atoms with Crippen LogP contribution in [0.2, 0.25) is 0 Å². The molecule has 0 unspecified atom stereocenters. The molecule has 0 radical (unpaired) electrons. The Morgan fingerprint density at radius 1 is 1.82 bits per heavy atom. The number of halogens is 1. The molecule has 0 aromatic carbocycles. The van der Waals surface area contributed by atoms with E-state index < -0.39 is 4.92 Å². The van der Waals surface area contributed by atoms with E-state index in [1.54, 1.807) is 6.07 Å². The summed E-state index contributed by atoms with van der Waals surface area (Å²) in [7, 11) is 0. The van der Waals surface area contributed by atoms with Gasteiger partial charge in [-0.25, -0.2) is 0 Å². The highest BCUT2D eigenvalue weighted by atomic mass is 79.9. The van der Waals surface area contributed by atoms with E-state index in [1.807, 2.05) is 0 Å². The highest BCUT2D eigenvalue weighted by Gasteiger charge is 2.15. The molecule has 1 aromatic heterocycles. The van der Waals surface area contributed by atoms with Gasteiger partial charge < -0.3 is 5.11 Å². The minimum atomic E-state index is -0.478. The summed E-state index contributed by atoms with van der Waals surface area (Å²) in [5.74, 6) is 0. The van der Waals surface area contributed by atoms with Crippen molar-refractivity contribution in [2.75, 3.05) is 0 Å². The van der Waals surface area contributed by atoms with Gasteiger partial charge in [0.05, 0.1) is 11.5 Å². The molecule has 1 rings (SSSR count). The third-order valence-electron chi connectivity index (χ3n) is 1.04. The number of thiophene rings is 1. The predicted molar refractivity (Wildman–Crippen MR) is 44.6 cm³/mol. The van der Waals surface area contributed by atoms with Crippen molar-refractivity contribution >= 4 is 32.3 Å². The lowest BCUT2D eigenvalue weighted by Gasteiger charge is -1.82. The third-order valence-corrected chi connectivity index (χ3v) is 2.98. The second-order valence-corrected chi connectivity index (χ2v) is 3.75. The fraction of sp³-hybridized carbons (Fsp3) is 0.200. The zero-order chi connectivity index (χ0) is 8.43. The van der Waals surface area contributed by atoms with Gasteiger partial charge in [-0.2, -0.15) is 0 Å². The van der Waals surface area contributed by atoms with Crippen LogP contribution in [0.1, 0.15) is 4.88 Å². The highest BCUT2D eigenvalue weighted by molar-refractivity contribution is 9.10. The molecule has 0 aliphatic carbocycles. The number of hydrogen-bond donors (Lipinski definition) is 1. The molecular formula is C5H4BrNO3S. The molecule has 0 fully saturated rings. The second kappa shape index (κ2) is 3.29. The summed E-state index contributed by atoms with van der Waals surface area (Å²) in [6, 6.07) is 1.54. The zero-order valence-electron chi connectivity index (χ0n) is 5.28. The molecule has 1 heterocycles. The number of nitrogens with zero attached hydrogens (tertiary/aromatic N) is 1. The molecular weight excluding hydrogens is 234 g/mol. The number of aliphatic hydroxyl groups excluding tert-OH is 1. The van der Waals surface area contributed by atoms with Crippen molar-refractivity contribution in [1.29, 1.82) is 0 Å². The van der Waals surface area contributed by atoms with Crippen LogP contribution in [0.3, 0.4) is 0 Å². The van der Waals surface area contributed by atoms with Gasteiger partial charge in [0, 0.05) is 4.88 Å². The van der Waals surface area contributed by atoms with Gasteiger partial charge >= 0.3 is 5.00 Å².